The summed E-state index contributed by atoms with van der Waals surface area (Å²) in [5.41, 5.74) is 6.97. The molecular weight excluding hydrogens is 460 g/mol. The van der Waals surface area contributed by atoms with Crippen molar-refractivity contribution >= 4 is 20.2 Å². The maximum atomic E-state index is 11.6. The molecule has 2 N–H and O–H groups in total. The van der Waals surface area contributed by atoms with Gasteiger partial charge in [-0.2, -0.15) is 16.8 Å². The highest BCUT2D eigenvalue weighted by atomic mass is 32.2. The smallest absolute Gasteiger partial charge is 0.265 e. The highest BCUT2D eigenvalue weighted by molar-refractivity contribution is 7.86. The Morgan fingerprint density at radius 2 is 1.39 bits per heavy atom. The molecule has 0 saturated heterocycles. The first-order valence-corrected chi connectivity index (χ1v) is 14.1. The molecule has 3 aromatic carbocycles. The van der Waals surface area contributed by atoms with E-state index in [1.54, 1.807) is 0 Å². The van der Waals surface area contributed by atoms with Crippen molar-refractivity contribution in [2.24, 2.45) is 0 Å². The molecule has 0 spiro atoms. The lowest BCUT2D eigenvalue weighted by atomic mass is 9.95. The van der Waals surface area contributed by atoms with E-state index in [4.69, 9.17) is 4.55 Å². The maximum Gasteiger partial charge on any atom is 0.265 e. The molecule has 4 rings (SSSR count). The van der Waals surface area contributed by atoms with Gasteiger partial charge in [0, 0.05) is 5.92 Å². The first-order chi connectivity index (χ1) is 15.6. The number of fused-ring (bicyclic) bond motifs is 3. The summed E-state index contributed by atoms with van der Waals surface area (Å²) in [5.74, 6) is -0.944. The highest BCUT2D eigenvalue weighted by Crippen LogP contribution is 2.46. The van der Waals surface area contributed by atoms with Crippen LogP contribution < -0.4 is 0 Å². The predicted molar refractivity (Wildman–Crippen MR) is 130 cm³/mol. The van der Waals surface area contributed by atoms with Crippen LogP contribution in [0.4, 0.5) is 0 Å². The Bertz CT molecular complexity index is 1380. The van der Waals surface area contributed by atoms with Gasteiger partial charge in [0.05, 0.1) is 11.5 Å². The van der Waals surface area contributed by atoms with E-state index in [1.165, 1.54) is 0 Å². The molecule has 1 aliphatic carbocycles. The van der Waals surface area contributed by atoms with E-state index in [2.05, 4.69) is 12.1 Å². The Kier molecular flexibility index (Phi) is 6.72. The van der Waals surface area contributed by atoms with Gasteiger partial charge in [-0.1, -0.05) is 67.1 Å². The van der Waals surface area contributed by atoms with Crippen LogP contribution in [0.5, 0.6) is 0 Å². The predicted octanol–water partition coefficient (Wildman–Crippen LogP) is 4.95. The van der Waals surface area contributed by atoms with Crippen molar-refractivity contribution in [3.63, 3.8) is 0 Å². The number of unbranched alkanes of at least 4 members (excludes halogenated alkanes) is 2. The van der Waals surface area contributed by atoms with Crippen molar-refractivity contribution in [1.29, 1.82) is 0 Å². The van der Waals surface area contributed by atoms with Crippen molar-refractivity contribution in [1.82, 2.24) is 0 Å². The van der Waals surface area contributed by atoms with Gasteiger partial charge in [-0.05, 0) is 64.3 Å². The second kappa shape index (κ2) is 9.38. The number of rotatable bonds is 9. The number of hydrogen-bond donors (Lipinski definition) is 2. The summed E-state index contributed by atoms with van der Waals surface area (Å²) in [4.78, 5) is 0. The number of benzene rings is 3. The van der Waals surface area contributed by atoms with Crippen LogP contribution in [0, 0.1) is 0 Å². The van der Waals surface area contributed by atoms with Crippen LogP contribution in [0.2, 0.25) is 0 Å². The van der Waals surface area contributed by atoms with Gasteiger partial charge in [-0.3, -0.25) is 9.11 Å². The lowest BCUT2D eigenvalue weighted by molar-refractivity contribution is 0.477. The molecule has 1 atom stereocenters. The maximum absolute atomic E-state index is 11.6. The zero-order valence-electron chi connectivity index (χ0n) is 18.0. The molecule has 0 aliphatic heterocycles. The molecule has 0 bridgehead atoms. The molecule has 0 amide bonds. The van der Waals surface area contributed by atoms with E-state index >= 15 is 0 Å². The van der Waals surface area contributed by atoms with Gasteiger partial charge in [0.2, 0.25) is 0 Å². The standard InChI is InChI=1S/C25H26O6S2/c26-32(27,28)14-5-1-2-7-18-8-6-9-19(15-18)20-12-13-23-24(16-20)21-10-3-4-11-22(21)25(23)17-33(29,30)31/h3-4,6,8-13,15-16,25H,1-2,5,7,14,17H2,(H,26,27,28)(H,29,30,31). The summed E-state index contributed by atoms with van der Waals surface area (Å²) in [6.07, 6.45) is 2.79. The summed E-state index contributed by atoms with van der Waals surface area (Å²) < 4.78 is 63.2. The molecule has 1 unspecified atom stereocenters. The molecule has 6 nitrogen and oxygen atoms in total. The summed E-state index contributed by atoms with van der Waals surface area (Å²) >= 11 is 0. The van der Waals surface area contributed by atoms with Gasteiger partial charge in [-0.15, -0.1) is 0 Å². The summed E-state index contributed by atoms with van der Waals surface area (Å²) in [5, 5.41) is 0. The van der Waals surface area contributed by atoms with Crippen LogP contribution in [-0.4, -0.2) is 37.4 Å². The molecular formula is C25H26O6S2. The van der Waals surface area contributed by atoms with Gasteiger partial charge in [0.25, 0.3) is 20.2 Å². The quantitative estimate of drug-likeness (QED) is 0.327. The third-order valence-corrected chi connectivity index (χ3v) is 7.62. The van der Waals surface area contributed by atoms with Crippen molar-refractivity contribution in [2.75, 3.05) is 11.5 Å². The van der Waals surface area contributed by atoms with E-state index in [1.807, 2.05) is 54.6 Å². The van der Waals surface area contributed by atoms with Crippen LogP contribution in [0.3, 0.4) is 0 Å². The van der Waals surface area contributed by atoms with E-state index in [0.717, 1.165) is 58.2 Å². The first-order valence-electron chi connectivity index (χ1n) is 10.8. The normalized spacial score (nSPS) is 15.3. The Morgan fingerprint density at radius 1 is 0.667 bits per heavy atom. The number of hydrogen-bond acceptors (Lipinski definition) is 4. The second-order valence-electron chi connectivity index (χ2n) is 8.49. The third-order valence-electron chi connectivity index (χ3n) is 6.06. The monoisotopic (exact) mass is 486 g/mol. The average molecular weight is 487 g/mol. The molecule has 1 aliphatic rings. The van der Waals surface area contributed by atoms with Gasteiger partial charge in [0.1, 0.15) is 0 Å². The topological polar surface area (TPSA) is 109 Å². The first kappa shape index (κ1) is 23.6. The van der Waals surface area contributed by atoms with Gasteiger partial charge >= 0.3 is 0 Å². The van der Waals surface area contributed by atoms with Crippen molar-refractivity contribution in [3.8, 4) is 22.3 Å². The van der Waals surface area contributed by atoms with Crippen molar-refractivity contribution < 1.29 is 25.9 Å². The minimum absolute atomic E-state index is 0.206. The van der Waals surface area contributed by atoms with Crippen LogP contribution in [0.25, 0.3) is 22.3 Å². The fraction of sp³-hybridized carbons (Fsp3) is 0.280. The Labute approximate surface area is 194 Å². The molecule has 0 aromatic heterocycles. The highest BCUT2D eigenvalue weighted by Gasteiger charge is 2.31. The summed E-state index contributed by atoms with van der Waals surface area (Å²) in [7, 11) is -8.03. The Balaban J connectivity index is 1.56. The van der Waals surface area contributed by atoms with Crippen LogP contribution in [0.1, 0.15) is 41.9 Å². The SMILES string of the molecule is O=S(=O)(O)CCCCCc1cccc(-c2ccc3c(c2)-c2ccccc2C3CS(=O)(=O)O)c1. The molecule has 8 heteroatoms. The fourth-order valence-corrected chi connectivity index (χ4v) is 5.92. The number of aryl methyl sites for hydroxylation is 1. The van der Waals surface area contributed by atoms with E-state index in [9.17, 15) is 21.4 Å². The minimum Gasteiger partial charge on any atom is -0.286 e. The van der Waals surface area contributed by atoms with E-state index in [-0.39, 0.29) is 11.5 Å². The molecule has 0 radical (unpaired) electrons. The lowest BCUT2D eigenvalue weighted by Crippen LogP contribution is -2.13. The zero-order valence-corrected chi connectivity index (χ0v) is 19.6. The van der Waals surface area contributed by atoms with Crippen LogP contribution >= 0.6 is 0 Å². The van der Waals surface area contributed by atoms with Crippen molar-refractivity contribution in [3.05, 3.63) is 83.4 Å². The summed E-state index contributed by atoms with van der Waals surface area (Å²) in [6.45, 7) is 0. The Morgan fingerprint density at radius 3 is 2.15 bits per heavy atom. The fourth-order valence-electron chi connectivity index (χ4n) is 4.57. The molecule has 0 fully saturated rings. The lowest BCUT2D eigenvalue weighted by Gasteiger charge is -2.12. The second-order valence-corrected chi connectivity index (χ2v) is 11.6. The molecule has 0 heterocycles. The third kappa shape index (κ3) is 5.89. The Hall–Kier alpha value is -2.52. The van der Waals surface area contributed by atoms with Gasteiger partial charge in [0.15, 0.2) is 0 Å². The van der Waals surface area contributed by atoms with E-state index < -0.39 is 26.2 Å². The van der Waals surface area contributed by atoms with Crippen LogP contribution in [-0.2, 0) is 26.7 Å². The zero-order chi connectivity index (χ0) is 23.6. The minimum atomic E-state index is -4.13. The molecule has 3 aromatic rings. The molecule has 0 saturated carbocycles. The average Bonchev–Trinajstić information content (AvgIpc) is 3.05. The van der Waals surface area contributed by atoms with Gasteiger partial charge in [-0.25, -0.2) is 0 Å². The molecule has 33 heavy (non-hydrogen) atoms. The largest absolute Gasteiger partial charge is 0.286 e. The van der Waals surface area contributed by atoms with Gasteiger partial charge < -0.3 is 0 Å². The summed E-state index contributed by atoms with van der Waals surface area (Å²) in [6, 6.07) is 21.9. The van der Waals surface area contributed by atoms with Crippen molar-refractivity contribution in [2.45, 2.75) is 31.6 Å². The van der Waals surface area contributed by atoms with E-state index in [0.29, 0.717) is 6.42 Å². The molecule has 174 valence electrons. The van der Waals surface area contributed by atoms with Crippen LogP contribution in [0.15, 0.2) is 66.7 Å².